The van der Waals surface area contributed by atoms with E-state index in [9.17, 15) is 4.79 Å². The number of furan rings is 1. The fraction of sp³-hybridized carbons (Fsp3) is 0.435. The molecule has 1 N–H and O–H groups in total. The van der Waals surface area contributed by atoms with Gasteiger partial charge in [0, 0.05) is 42.0 Å². The number of nitrogens with zero attached hydrogens (tertiary/aromatic N) is 1. The summed E-state index contributed by atoms with van der Waals surface area (Å²) in [6.07, 6.45) is 10.1. The highest BCUT2D eigenvalue weighted by Gasteiger charge is 2.24. The van der Waals surface area contributed by atoms with Crippen LogP contribution in [0.4, 0.5) is 5.69 Å². The van der Waals surface area contributed by atoms with Crippen LogP contribution in [-0.2, 0) is 4.79 Å². The zero-order valence-electron chi connectivity index (χ0n) is 17.4. The van der Waals surface area contributed by atoms with Crippen molar-refractivity contribution in [1.82, 2.24) is 4.90 Å². The zero-order chi connectivity index (χ0) is 20.6. The van der Waals surface area contributed by atoms with Crippen molar-refractivity contribution >= 4 is 17.7 Å². The molecule has 2 aromatic rings. The van der Waals surface area contributed by atoms with Crippen LogP contribution in [0.25, 0.3) is 6.08 Å². The van der Waals surface area contributed by atoms with E-state index in [1.807, 2.05) is 0 Å². The van der Waals surface area contributed by atoms with Gasteiger partial charge in [-0.15, -0.1) is 0 Å². The second-order valence-electron chi connectivity index (χ2n) is 7.46. The maximum atomic E-state index is 12.2. The van der Waals surface area contributed by atoms with Gasteiger partial charge in [0.15, 0.2) is 11.5 Å². The molecule has 1 saturated heterocycles. The van der Waals surface area contributed by atoms with Crippen LogP contribution >= 0.6 is 0 Å². The van der Waals surface area contributed by atoms with Crippen molar-refractivity contribution in [1.29, 1.82) is 0 Å². The molecule has 0 aliphatic carbocycles. The first-order chi connectivity index (χ1) is 14.1. The molecule has 0 bridgehead atoms. The van der Waals surface area contributed by atoms with Crippen LogP contribution in [-0.4, -0.2) is 43.2 Å². The lowest BCUT2D eigenvalue weighted by Gasteiger charge is -2.38. The second-order valence-corrected chi connectivity index (χ2v) is 7.46. The van der Waals surface area contributed by atoms with Gasteiger partial charge in [0.25, 0.3) is 0 Å². The normalized spacial score (nSPS) is 20.0. The highest BCUT2D eigenvalue weighted by atomic mass is 16.5. The van der Waals surface area contributed by atoms with Crippen molar-refractivity contribution < 1.29 is 18.7 Å². The summed E-state index contributed by atoms with van der Waals surface area (Å²) in [5, 5.41) is 2.85. The van der Waals surface area contributed by atoms with Crippen LogP contribution in [0.15, 0.2) is 47.3 Å². The van der Waals surface area contributed by atoms with E-state index >= 15 is 0 Å². The van der Waals surface area contributed by atoms with E-state index in [1.54, 1.807) is 50.0 Å². The lowest BCUT2D eigenvalue weighted by molar-refractivity contribution is -0.111. The summed E-state index contributed by atoms with van der Waals surface area (Å²) in [6.45, 7) is 6.01. The number of anilines is 1. The lowest BCUT2D eigenvalue weighted by atomic mass is 9.98. The number of likely N-dealkylation sites (tertiary alicyclic amines) is 1. The van der Waals surface area contributed by atoms with E-state index in [0.717, 1.165) is 12.1 Å². The monoisotopic (exact) mass is 398 g/mol. The van der Waals surface area contributed by atoms with Crippen molar-refractivity contribution in [3.63, 3.8) is 0 Å². The van der Waals surface area contributed by atoms with E-state index in [2.05, 4.69) is 24.1 Å². The van der Waals surface area contributed by atoms with E-state index in [0.29, 0.717) is 35.9 Å². The number of methoxy groups -OCH3 is 1. The summed E-state index contributed by atoms with van der Waals surface area (Å²) < 4.78 is 16.4. The largest absolute Gasteiger partial charge is 0.493 e. The van der Waals surface area contributed by atoms with Gasteiger partial charge in [0.1, 0.15) is 6.61 Å². The third-order valence-electron chi connectivity index (χ3n) is 5.38. The van der Waals surface area contributed by atoms with E-state index in [-0.39, 0.29) is 5.91 Å². The Morgan fingerprint density at radius 2 is 2.03 bits per heavy atom. The van der Waals surface area contributed by atoms with Gasteiger partial charge < -0.3 is 19.2 Å². The summed E-state index contributed by atoms with van der Waals surface area (Å²) in [7, 11) is 1.61. The third kappa shape index (κ3) is 5.87. The number of amides is 1. The summed E-state index contributed by atoms with van der Waals surface area (Å²) in [4.78, 5) is 14.7. The number of ether oxygens (including phenoxy) is 2. The van der Waals surface area contributed by atoms with Crippen LogP contribution in [0.1, 0.15) is 38.7 Å². The van der Waals surface area contributed by atoms with Crippen LogP contribution in [0.5, 0.6) is 11.5 Å². The Kier molecular flexibility index (Phi) is 7.36. The van der Waals surface area contributed by atoms with Crippen molar-refractivity contribution in [2.45, 2.75) is 45.2 Å². The molecule has 6 nitrogen and oxygen atoms in total. The van der Waals surface area contributed by atoms with Gasteiger partial charge in [-0.2, -0.15) is 0 Å². The topological polar surface area (TPSA) is 63.9 Å². The highest BCUT2D eigenvalue weighted by molar-refractivity contribution is 6.02. The van der Waals surface area contributed by atoms with Crippen molar-refractivity contribution in [3.8, 4) is 11.5 Å². The van der Waals surface area contributed by atoms with Gasteiger partial charge in [0.05, 0.1) is 19.6 Å². The maximum absolute atomic E-state index is 12.2. The molecule has 156 valence electrons. The van der Waals surface area contributed by atoms with Gasteiger partial charge in [-0.1, -0.05) is 6.42 Å². The van der Waals surface area contributed by atoms with Crippen LogP contribution in [0, 0.1) is 0 Å². The summed E-state index contributed by atoms with van der Waals surface area (Å²) in [5.41, 5.74) is 1.49. The Labute approximate surface area is 172 Å². The fourth-order valence-corrected chi connectivity index (χ4v) is 3.77. The van der Waals surface area contributed by atoms with Gasteiger partial charge in [-0.3, -0.25) is 9.69 Å². The molecule has 0 saturated carbocycles. The summed E-state index contributed by atoms with van der Waals surface area (Å²) >= 11 is 0. The van der Waals surface area contributed by atoms with Gasteiger partial charge in [-0.25, -0.2) is 0 Å². The van der Waals surface area contributed by atoms with Gasteiger partial charge in [-0.05, 0) is 51.0 Å². The molecule has 2 atom stereocenters. The number of hydrogen-bond acceptors (Lipinski definition) is 5. The Hall–Kier alpha value is -2.73. The number of carbonyl (C=O) groups excluding carboxylic acids is 1. The molecule has 1 fully saturated rings. The molecule has 29 heavy (non-hydrogen) atoms. The number of nitrogens with one attached hydrogen (secondary N) is 1. The molecule has 0 unspecified atom stereocenters. The van der Waals surface area contributed by atoms with Crippen molar-refractivity contribution in [2.75, 3.05) is 25.6 Å². The Bertz CT molecular complexity index is 806. The number of rotatable bonds is 8. The average molecular weight is 399 g/mol. The molecule has 0 radical (unpaired) electrons. The second kappa shape index (κ2) is 10.2. The predicted molar refractivity (Wildman–Crippen MR) is 114 cm³/mol. The van der Waals surface area contributed by atoms with E-state index in [4.69, 9.17) is 13.9 Å². The molecule has 1 amide bonds. The molecule has 1 aromatic carbocycles. The third-order valence-corrected chi connectivity index (χ3v) is 5.38. The fourth-order valence-electron chi connectivity index (χ4n) is 3.77. The van der Waals surface area contributed by atoms with Crippen molar-refractivity contribution in [3.05, 3.63) is 48.4 Å². The standard InChI is InChI=1S/C23H30N2O4/c1-17-5-4-6-18(2)25(17)12-14-29-22-15-20(8-9-21(22)27-3)24-23(26)10-7-19-11-13-28-16-19/h7-11,13,15-18H,4-6,12,14H2,1-3H3,(H,24,26)/t17-,18+. The summed E-state index contributed by atoms with van der Waals surface area (Å²) in [5.74, 6) is 1.05. The Morgan fingerprint density at radius 3 is 2.72 bits per heavy atom. The van der Waals surface area contributed by atoms with Gasteiger partial charge in [0.2, 0.25) is 5.91 Å². The molecule has 1 aliphatic heterocycles. The predicted octanol–water partition coefficient (Wildman–Crippen LogP) is 4.58. The highest BCUT2D eigenvalue weighted by Crippen LogP contribution is 2.30. The number of hydrogen-bond donors (Lipinski definition) is 1. The Balaban J connectivity index is 1.58. The molecule has 2 heterocycles. The van der Waals surface area contributed by atoms with E-state index < -0.39 is 0 Å². The minimum absolute atomic E-state index is 0.224. The van der Waals surface area contributed by atoms with Crippen LogP contribution in [0.3, 0.4) is 0 Å². The first kappa shape index (κ1) is 21.0. The minimum Gasteiger partial charge on any atom is -0.493 e. The maximum Gasteiger partial charge on any atom is 0.248 e. The molecule has 3 rings (SSSR count). The first-order valence-electron chi connectivity index (χ1n) is 10.1. The molecule has 6 heteroatoms. The SMILES string of the molecule is COc1ccc(NC(=O)C=Cc2ccoc2)cc1OCCN1[C@H](C)CCC[C@@H]1C. The first-order valence-corrected chi connectivity index (χ1v) is 10.1. The molecule has 1 aromatic heterocycles. The molecular weight excluding hydrogens is 368 g/mol. The average Bonchev–Trinajstić information content (AvgIpc) is 3.22. The molecule has 1 aliphatic rings. The smallest absolute Gasteiger partial charge is 0.248 e. The Morgan fingerprint density at radius 1 is 1.24 bits per heavy atom. The van der Waals surface area contributed by atoms with Gasteiger partial charge >= 0.3 is 0 Å². The molecule has 0 spiro atoms. The zero-order valence-corrected chi connectivity index (χ0v) is 17.4. The molecular formula is C23H30N2O4. The minimum atomic E-state index is -0.224. The number of carbonyl (C=O) groups is 1. The number of piperidine rings is 1. The van der Waals surface area contributed by atoms with Crippen LogP contribution < -0.4 is 14.8 Å². The van der Waals surface area contributed by atoms with Crippen molar-refractivity contribution in [2.24, 2.45) is 0 Å². The summed E-state index contributed by atoms with van der Waals surface area (Å²) in [6, 6.07) is 8.34. The number of benzene rings is 1. The quantitative estimate of drug-likeness (QED) is 0.660. The lowest BCUT2D eigenvalue weighted by Crippen LogP contribution is -2.45. The van der Waals surface area contributed by atoms with E-state index in [1.165, 1.54) is 25.3 Å². The van der Waals surface area contributed by atoms with Crippen LogP contribution in [0.2, 0.25) is 0 Å².